The van der Waals surface area contributed by atoms with E-state index in [1.165, 1.54) is 6.20 Å². The molecule has 5 nitrogen and oxygen atoms in total. The van der Waals surface area contributed by atoms with Crippen LogP contribution < -0.4 is 4.74 Å². The Morgan fingerprint density at radius 3 is 2.68 bits per heavy atom. The van der Waals surface area contributed by atoms with Crippen molar-refractivity contribution >= 4 is 30.7 Å². The Morgan fingerprint density at radius 1 is 1.18 bits per heavy atom. The topological polar surface area (TPSA) is 49.2 Å². The molecule has 3 aromatic heterocycles. The molecule has 3 rings (SSSR count). The number of halogens is 3. The summed E-state index contributed by atoms with van der Waals surface area (Å²) in [5.41, 5.74) is 1.75. The van der Waals surface area contributed by atoms with Gasteiger partial charge in [-0.25, -0.2) is 9.97 Å². The van der Waals surface area contributed by atoms with E-state index in [9.17, 15) is 8.78 Å². The van der Waals surface area contributed by atoms with Crippen molar-refractivity contribution in [3.63, 3.8) is 0 Å². The average molecular weight is 426 g/mol. The molecule has 0 saturated carbocycles. The number of hydrogen-bond donors (Lipinski definition) is 0. The van der Waals surface area contributed by atoms with E-state index >= 15 is 0 Å². The van der Waals surface area contributed by atoms with E-state index in [2.05, 4.69) is 34.3 Å². The smallest absolute Gasteiger partial charge is 0.388 e. The molecular formula is C19H22ClF2N3O2Si. The third kappa shape index (κ3) is 5.06. The molecule has 0 radical (unpaired) electrons. The van der Waals surface area contributed by atoms with Crippen molar-refractivity contribution in [1.29, 1.82) is 0 Å². The van der Waals surface area contributed by atoms with E-state index in [4.69, 9.17) is 16.3 Å². The second kappa shape index (κ2) is 8.55. The zero-order valence-electron chi connectivity index (χ0n) is 16.0. The minimum Gasteiger partial charge on any atom is -0.416 e. The predicted molar refractivity (Wildman–Crippen MR) is 109 cm³/mol. The Labute approximate surface area is 168 Å². The van der Waals surface area contributed by atoms with E-state index in [0.29, 0.717) is 35.3 Å². The van der Waals surface area contributed by atoms with Crippen molar-refractivity contribution < 1.29 is 18.3 Å². The zero-order valence-corrected chi connectivity index (χ0v) is 17.7. The number of aromatic nitrogens is 3. The fourth-order valence-electron chi connectivity index (χ4n) is 2.77. The van der Waals surface area contributed by atoms with Gasteiger partial charge >= 0.3 is 6.61 Å². The maximum Gasteiger partial charge on any atom is 0.388 e. The van der Waals surface area contributed by atoms with Crippen LogP contribution in [0.25, 0.3) is 22.2 Å². The summed E-state index contributed by atoms with van der Waals surface area (Å²) >= 11 is 6.07. The highest BCUT2D eigenvalue weighted by Gasteiger charge is 2.19. The Kier molecular flexibility index (Phi) is 6.32. The molecule has 0 aliphatic heterocycles. The minimum atomic E-state index is -2.96. The SMILES string of the molecule is C[Si](C)(C)CCOCn1cc(-c2cccnc2OC(F)F)c2ccc(Cl)nc21. The van der Waals surface area contributed by atoms with Crippen LogP contribution in [0.3, 0.4) is 0 Å². The van der Waals surface area contributed by atoms with Gasteiger partial charge in [-0.3, -0.25) is 0 Å². The van der Waals surface area contributed by atoms with Crippen molar-refractivity contribution in [2.75, 3.05) is 6.61 Å². The number of pyridine rings is 2. The summed E-state index contributed by atoms with van der Waals surface area (Å²) in [4.78, 5) is 8.33. The van der Waals surface area contributed by atoms with Gasteiger partial charge in [0.2, 0.25) is 5.88 Å². The van der Waals surface area contributed by atoms with Crippen molar-refractivity contribution in [3.8, 4) is 17.0 Å². The summed E-state index contributed by atoms with van der Waals surface area (Å²) in [6.07, 6.45) is 3.22. The first kappa shape index (κ1) is 20.7. The van der Waals surface area contributed by atoms with Gasteiger partial charge in [-0.1, -0.05) is 31.2 Å². The van der Waals surface area contributed by atoms with E-state index in [1.54, 1.807) is 30.5 Å². The highest BCUT2D eigenvalue weighted by Crippen LogP contribution is 2.35. The zero-order chi connectivity index (χ0) is 20.3. The summed E-state index contributed by atoms with van der Waals surface area (Å²) in [5, 5.41) is 1.10. The van der Waals surface area contributed by atoms with Crippen LogP contribution in [0.1, 0.15) is 0 Å². The van der Waals surface area contributed by atoms with Gasteiger partial charge in [0.1, 0.15) is 17.5 Å². The quantitative estimate of drug-likeness (QED) is 0.265. The van der Waals surface area contributed by atoms with Crippen LogP contribution in [0.2, 0.25) is 30.8 Å². The van der Waals surface area contributed by atoms with Crippen LogP contribution in [0.4, 0.5) is 8.78 Å². The van der Waals surface area contributed by atoms with Crippen LogP contribution in [-0.2, 0) is 11.5 Å². The molecule has 0 saturated heterocycles. The Bertz CT molecular complexity index is 960. The average Bonchev–Trinajstić information content (AvgIpc) is 2.95. The standard InChI is InChI=1S/C19H22ClF2N3O2Si/c1-28(2,3)10-9-26-12-25-11-15(13-6-7-16(20)24-17(13)25)14-5-4-8-23-18(14)27-19(21)22/h4-8,11,19H,9-10,12H2,1-3H3. The lowest BCUT2D eigenvalue weighted by molar-refractivity contribution is -0.0524. The van der Waals surface area contributed by atoms with Crippen molar-refractivity contribution in [3.05, 3.63) is 41.8 Å². The largest absolute Gasteiger partial charge is 0.416 e. The third-order valence-electron chi connectivity index (χ3n) is 4.18. The van der Waals surface area contributed by atoms with E-state index < -0.39 is 14.7 Å². The second-order valence-electron chi connectivity index (χ2n) is 7.60. The Morgan fingerprint density at radius 2 is 1.96 bits per heavy atom. The molecule has 9 heteroatoms. The summed E-state index contributed by atoms with van der Waals surface area (Å²) < 4.78 is 37.8. The Hall–Kier alpha value is -2.03. The van der Waals surface area contributed by atoms with Gasteiger partial charge in [-0.05, 0) is 30.3 Å². The van der Waals surface area contributed by atoms with Gasteiger partial charge in [-0.2, -0.15) is 8.78 Å². The van der Waals surface area contributed by atoms with E-state index in [1.807, 2.05) is 4.57 Å². The number of fused-ring (bicyclic) bond motifs is 1. The maximum absolute atomic E-state index is 12.8. The van der Waals surface area contributed by atoms with Crippen LogP contribution in [0.5, 0.6) is 5.88 Å². The molecule has 0 amide bonds. The summed E-state index contributed by atoms with van der Waals surface area (Å²) in [6.45, 7) is 4.84. The number of ether oxygens (including phenoxy) is 2. The fraction of sp³-hybridized carbons (Fsp3) is 0.368. The highest BCUT2D eigenvalue weighted by atomic mass is 35.5. The molecule has 0 spiro atoms. The molecule has 0 N–H and O–H groups in total. The van der Waals surface area contributed by atoms with Gasteiger partial charge in [0.15, 0.2) is 0 Å². The molecule has 3 heterocycles. The first-order valence-corrected chi connectivity index (χ1v) is 13.0. The maximum atomic E-state index is 12.8. The predicted octanol–water partition coefficient (Wildman–Crippen LogP) is 5.67. The molecule has 0 unspecified atom stereocenters. The molecule has 3 aromatic rings. The third-order valence-corrected chi connectivity index (χ3v) is 6.09. The monoisotopic (exact) mass is 425 g/mol. The second-order valence-corrected chi connectivity index (χ2v) is 13.6. The summed E-state index contributed by atoms with van der Waals surface area (Å²) in [6, 6.07) is 7.86. The van der Waals surface area contributed by atoms with Crippen LogP contribution in [-0.4, -0.2) is 35.8 Å². The van der Waals surface area contributed by atoms with Crippen molar-refractivity contribution in [2.45, 2.75) is 39.0 Å². The molecule has 28 heavy (non-hydrogen) atoms. The molecule has 0 aliphatic rings. The lowest BCUT2D eigenvalue weighted by Gasteiger charge is -2.15. The molecule has 0 fully saturated rings. The lowest BCUT2D eigenvalue weighted by Crippen LogP contribution is -2.22. The van der Waals surface area contributed by atoms with E-state index in [-0.39, 0.29) is 5.88 Å². The van der Waals surface area contributed by atoms with Crippen LogP contribution in [0, 0.1) is 0 Å². The van der Waals surface area contributed by atoms with Gasteiger partial charge in [0.05, 0.1) is 0 Å². The highest BCUT2D eigenvalue weighted by molar-refractivity contribution is 6.76. The van der Waals surface area contributed by atoms with Crippen LogP contribution in [0.15, 0.2) is 36.7 Å². The summed E-state index contributed by atoms with van der Waals surface area (Å²) in [7, 11) is -1.20. The number of rotatable bonds is 8. The normalized spacial score (nSPS) is 12.1. The van der Waals surface area contributed by atoms with Gasteiger partial charge in [0, 0.05) is 43.6 Å². The first-order chi connectivity index (χ1) is 13.2. The van der Waals surface area contributed by atoms with Gasteiger partial charge in [0.25, 0.3) is 0 Å². The van der Waals surface area contributed by atoms with Crippen molar-refractivity contribution in [2.24, 2.45) is 0 Å². The molecular weight excluding hydrogens is 404 g/mol. The molecule has 0 atom stereocenters. The first-order valence-electron chi connectivity index (χ1n) is 8.88. The van der Waals surface area contributed by atoms with E-state index in [0.717, 1.165) is 11.4 Å². The number of alkyl halides is 2. The van der Waals surface area contributed by atoms with Crippen molar-refractivity contribution in [1.82, 2.24) is 14.5 Å². The fourth-order valence-corrected chi connectivity index (χ4v) is 3.67. The molecule has 150 valence electrons. The Balaban J connectivity index is 1.96. The molecule has 0 aromatic carbocycles. The number of hydrogen-bond acceptors (Lipinski definition) is 4. The minimum absolute atomic E-state index is 0.133. The molecule has 0 bridgehead atoms. The van der Waals surface area contributed by atoms with Gasteiger partial charge < -0.3 is 14.0 Å². The van der Waals surface area contributed by atoms with Gasteiger partial charge in [-0.15, -0.1) is 0 Å². The summed E-state index contributed by atoms with van der Waals surface area (Å²) in [5.74, 6) is -0.133. The number of nitrogens with zero attached hydrogens (tertiary/aromatic N) is 3. The molecule has 0 aliphatic carbocycles. The van der Waals surface area contributed by atoms with Crippen LogP contribution >= 0.6 is 11.6 Å². The lowest BCUT2D eigenvalue weighted by atomic mass is 10.1.